The van der Waals surface area contributed by atoms with Crippen LogP contribution in [0.2, 0.25) is 0 Å². The quantitative estimate of drug-likeness (QED) is 0.829. The van der Waals surface area contributed by atoms with Crippen molar-refractivity contribution in [1.29, 1.82) is 0 Å². The Kier molecular flexibility index (Phi) is 3.45. The fourth-order valence-corrected chi connectivity index (χ4v) is 3.18. The standard InChI is InChI=1S/C16H22N2O/c17-15-8-2-6-13(10-15)14-7-3-9-18(11-14)16(19)12-4-1-5-12/h2,6,8,10,12,14H,1,3-5,7,9,11,17H2. The number of hydrogen-bond donors (Lipinski definition) is 1. The molecule has 0 spiro atoms. The molecule has 3 nitrogen and oxygen atoms in total. The molecule has 1 aliphatic carbocycles. The number of nitrogens with zero attached hydrogens (tertiary/aromatic N) is 1. The second-order valence-electron chi connectivity index (χ2n) is 5.92. The van der Waals surface area contributed by atoms with Gasteiger partial charge in [-0.1, -0.05) is 18.6 Å². The number of rotatable bonds is 2. The van der Waals surface area contributed by atoms with E-state index in [4.69, 9.17) is 5.73 Å². The van der Waals surface area contributed by atoms with Gasteiger partial charge in [0.15, 0.2) is 0 Å². The van der Waals surface area contributed by atoms with E-state index in [0.29, 0.717) is 17.7 Å². The Morgan fingerprint density at radius 1 is 1.21 bits per heavy atom. The Morgan fingerprint density at radius 3 is 2.74 bits per heavy atom. The van der Waals surface area contributed by atoms with Crippen molar-refractivity contribution in [3.8, 4) is 0 Å². The molecule has 0 radical (unpaired) electrons. The van der Waals surface area contributed by atoms with Crippen LogP contribution in [0.1, 0.15) is 43.6 Å². The Bertz CT molecular complexity index is 468. The Balaban J connectivity index is 1.69. The van der Waals surface area contributed by atoms with Crippen LogP contribution in [0.5, 0.6) is 0 Å². The molecule has 1 heterocycles. The minimum absolute atomic E-state index is 0.319. The third kappa shape index (κ3) is 2.60. The summed E-state index contributed by atoms with van der Waals surface area (Å²) in [6, 6.07) is 8.13. The fraction of sp³-hybridized carbons (Fsp3) is 0.562. The highest BCUT2D eigenvalue weighted by Gasteiger charge is 2.32. The molecular weight excluding hydrogens is 236 g/mol. The van der Waals surface area contributed by atoms with E-state index in [1.165, 1.54) is 12.0 Å². The van der Waals surface area contributed by atoms with Gasteiger partial charge in [0.2, 0.25) is 5.91 Å². The molecule has 2 fully saturated rings. The van der Waals surface area contributed by atoms with E-state index in [-0.39, 0.29) is 0 Å². The predicted molar refractivity (Wildman–Crippen MR) is 76.8 cm³/mol. The molecule has 1 saturated heterocycles. The van der Waals surface area contributed by atoms with Crippen molar-refractivity contribution in [3.63, 3.8) is 0 Å². The molecule has 19 heavy (non-hydrogen) atoms. The van der Waals surface area contributed by atoms with Gasteiger partial charge in [0.25, 0.3) is 0 Å². The molecule has 1 amide bonds. The van der Waals surface area contributed by atoms with Crippen molar-refractivity contribution in [2.75, 3.05) is 18.8 Å². The van der Waals surface area contributed by atoms with Gasteiger partial charge in [-0.2, -0.15) is 0 Å². The smallest absolute Gasteiger partial charge is 0.225 e. The number of carbonyl (C=O) groups is 1. The van der Waals surface area contributed by atoms with Crippen LogP contribution in [0.25, 0.3) is 0 Å². The minimum Gasteiger partial charge on any atom is -0.399 e. The van der Waals surface area contributed by atoms with Gasteiger partial charge in [0.1, 0.15) is 0 Å². The summed E-state index contributed by atoms with van der Waals surface area (Å²) in [6.07, 6.45) is 5.69. The molecule has 3 heteroatoms. The first-order valence-electron chi connectivity index (χ1n) is 7.38. The molecule has 1 aliphatic heterocycles. The van der Waals surface area contributed by atoms with Crippen molar-refractivity contribution < 1.29 is 4.79 Å². The van der Waals surface area contributed by atoms with Gasteiger partial charge in [-0.05, 0) is 43.4 Å². The summed E-state index contributed by atoms with van der Waals surface area (Å²) in [4.78, 5) is 14.4. The first kappa shape index (κ1) is 12.5. The first-order chi connectivity index (χ1) is 9.24. The van der Waals surface area contributed by atoms with E-state index < -0.39 is 0 Å². The predicted octanol–water partition coefficient (Wildman–Crippen LogP) is 2.77. The van der Waals surface area contributed by atoms with Crippen molar-refractivity contribution in [1.82, 2.24) is 4.90 Å². The third-order valence-electron chi connectivity index (χ3n) is 4.57. The zero-order valence-electron chi connectivity index (χ0n) is 11.3. The van der Waals surface area contributed by atoms with Crippen molar-refractivity contribution >= 4 is 11.6 Å². The number of carbonyl (C=O) groups excluding carboxylic acids is 1. The lowest BCUT2D eigenvalue weighted by Crippen LogP contribution is -2.44. The number of nitrogen functional groups attached to an aromatic ring is 1. The van der Waals surface area contributed by atoms with Crippen molar-refractivity contribution in [3.05, 3.63) is 29.8 Å². The topological polar surface area (TPSA) is 46.3 Å². The molecule has 1 saturated carbocycles. The van der Waals surface area contributed by atoms with Crippen LogP contribution < -0.4 is 5.73 Å². The lowest BCUT2D eigenvalue weighted by molar-refractivity contribution is -0.139. The summed E-state index contributed by atoms with van der Waals surface area (Å²) in [7, 11) is 0. The molecule has 3 rings (SSSR count). The number of likely N-dealkylation sites (tertiary alicyclic amines) is 1. The van der Waals surface area contributed by atoms with E-state index in [0.717, 1.165) is 44.5 Å². The van der Waals surface area contributed by atoms with Crippen LogP contribution in [0, 0.1) is 5.92 Å². The number of benzene rings is 1. The summed E-state index contributed by atoms with van der Waals surface area (Å²) in [5.41, 5.74) is 7.96. The van der Waals surface area contributed by atoms with Gasteiger partial charge in [0.05, 0.1) is 0 Å². The number of hydrogen-bond acceptors (Lipinski definition) is 2. The number of piperidine rings is 1. The molecule has 1 atom stereocenters. The SMILES string of the molecule is Nc1cccc(C2CCCN(C(=O)C3CCC3)C2)c1. The monoisotopic (exact) mass is 258 g/mol. The van der Waals surface area contributed by atoms with Crippen LogP contribution in [0.3, 0.4) is 0 Å². The largest absolute Gasteiger partial charge is 0.399 e. The lowest BCUT2D eigenvalue weighted by atomic mass is 9.83. The molecule has 2 aliphatic rings. The van der Waals surface area contributed by atoms with Crippen LogP contribution in [0.15, 0.2) is 24.3 Å². The van der Waals surface area contributed by atoms with E-state index in [2.05, 4.69) is 17.0 Å². The van der Waals surface area contributed by atoms with E-state index >= 15 is 0 Å². The normalized spacial score (nSPS) is 24.0. The van der Waals surface area contributed by atoms with Gasteiger partial charge >= 0.3 is 0 Å². The van der Waals surface area contributed by atoms with E-state index in [1.54, 1.807) is 0 Å². The van der Waals surface area contributed by atoms with Crippen LogP contribution in [0.4, 0.5) is 5.69 Å². The lowest BCUT2D eigenvalue weighted by Gasteiger charge is -2.37. The molecule has 0 bridgehead atoms. The van der Waals surface area contributed by atoms with Crippen molar-refractivity contribution in [2.24, 2.45) is 5.92 Å². The number of anilines is 1. The van der Waals surface area contributed by atoms with Gasteiger partial charge < -0.3 is 10.6 Å². The third-order valence-corrected chi connectivity index (χ3v) is 4.57. The number of amides is 1. The molecule has 1 unspecified atom stereocenters. The highest BCUT2D eigenvalue weighted by Crippen LogP contribution is 2.32. The van der Waals surface area contributed by atoms with Gasteiger partial charge in [-0.3, -0.25) is 4.79 Å². The fourth-order valence-electron chi connectivity index (χ4n) is 3.18. The summed E-state index contributed by atoms with van der Waals surface area (Å²) in [5, 5.41) is 0. The summed E-state index contributed by atoms with van der Waals surface area (Å²) < 4.78 is 0. The summed E-state index contributed by atoms with van der Waals surface area (Å²) >= 11 is 0. The van der Waals surface area contributed by atoms with Crippen molar-refractivity contribution in [2.45, 2.75) is 38.0 Å². The van der Waals surface area contributed by atoms with E-state index in [9.17, 15) is 4.79 Å². The maximum Gasteiger partial charge on any atom is 0.225 e. The first-order valence-corrected chi connectivity index (χ1v) is 7.38. The molecule has 1 aromatic carbocycles. The number of nitrogens with two attached hydrogens (primary N) is 1. The van der Waals surface area contributed by atoms with Crippen LogP contribution in [-0.4, -0.2) is 23.9 Å². The summed E-state index contributed by atoms with van der Waals surface area (Å²) in [6.45, 7) is 1.81. The molecule has 1 aromatic rings. The van der Waals surface area contributed by atoms with Crippen LogP contribution >= 0.6 is 0 Å². The zero-order valence-corrected chi connectivity index (χ0v) is 11.3. The minimum atomic E-state index is 0.319. The second kappa shape index (κ2) is 5.24. The molecular formula is C16H22N2O. The van der Waals surface area contributed by atoms with Gasteiger partial charge in [0, 0.05) is 30.6 Å². The van der Waals surface area contributed by atoms with Crippen LogP contribution in [-0.2, 0) is 4.79 Å². The maximum absolute atomic E-state index is 12.3. The molecule has 2 N–H and O–H groups in total. The molecule has 102 valence electrons. The average Bonchev–Trinajstić information content (AvgIpc) is 2.37. The average molecular weight is 258 g/mol. The highest BCUT2D eigenvalue weighted by atomic mass is 16.2. The Hall–Kier alpha value is -1.51. The Morgan fingerprint density at radius 2 is 2.05 bits per heavy atom. The maximum atomic E-state index is 12.3. The van der Waals surface area contributed by atoms with Gasteiger partial charge in [-0.25, -0.2) is 0 Å². The molecule has 0 aromatic heterocycles. The highest BCUT2D eigenvalue weighted by molar-refractivity contribution is 5.79. The zero-order chi connectivity index (χ0) is 13.2. The van der Waals surface area contributed by atoms with Gasteiger partial charge in [-0.15, -0.1) is 0 Å². The second-order valence-corrected chi connectivity index (χ2v) is 5.92. The van der Waals surface area contributed by atoms with E-state index in [1.807, 2.05) is 12.1 Å². The Labute approximate surface area is 114 Å². The summed E-state index contributed by atoms with van der Waals surface area (Å²) in [5.74, 6) is 1.17.